The van der Waals surface area contributed by atoms with Crippen LogP contribution in [0.25, 0.3) is 0 Å². The zero-order valence-corrected chi connectivity index (χ0v) is 19.5. The molecule has 180 valence electrons. The number of fused-ring (bicyclic) bond motifs is 1. The van der Waals surface area contributed by atoms with Crippen LogP contribution in [0.5, 0.6) is 0 Å². The van der Waals surface area contributed by atoms with E-state index in [4.69, 9.17) is 9.72 Å². The Labute approximate surface area is 196 Å². The van der Waals surface area contributed by atoms with E-state index < -0.39 is 12.0 Å². The summed E-state index contributed by atoms with van der Waals surface area (Å²) >= 11 is 0. The number of carbonyl (C=O) groups excluding carboxylic acids is 1. The highest BCUT2D eigenvalue weighted by molar-refractivity contribution is 5.88. The molecule has 3 saturated carbocycles. The van der Waals surface area contributed by atoms with Crippen molar-refractivity contribution >= 4 is 17.7 Å². The lowest BCUT2D eigenvalue weighted by molar-refractivity contribution is -0.147. The van der Waals surface area contributed by atoms with Crippen LogP contribution in [0.4, 0.5) is 5.82 Å². The van der Waals surface area contributed by atoms with Gasteiger partial charge in [0.1, 0.15) is 11.9 Å². The fourth-order valence-corrected chi connectivity index (χ4v) is 5.83. The number of anilines is 1. The molecule has 1 aromatic rings. The smallest absolute Gasteiger partial charge is 0.326 e. The molecule has 3 aliphatic carbocycles. The van der Waals surface area contributed by atoms with Crippen LogP contribution in [0, 0.1) is 17.3 Å². The zero-order valence-electron chi connectivity index (χ0n) is 19.5. The molecule has 0 bridgehead atoms. The molecular formula is C26H37N3O4. The number of carbonyl (C=O) groups is 2. The second-order valence-electron chi connectivity index (χ2n) is 10.6. The van der Waals surface area contributed by atoms with Crippen molar-refractivity contribution in [1.82, 2.24) is 10.3 Å². The summed E-state index contributed by atoms with van der Waals surface area (Å²) in [5.41, 5.74) is 2.20. The maximum atomic E-state index is 12.8. The molecular weight excluding hydrogens is 418 g/mol. The van der Waals surface area contributed by atoms with Crippen molar-refractivity contribution in [2.24, 2.45) is 17.3 Å². The van der Waals surface area contributed by atoms with Crippen LogP contribution in [0.1, 0.15) is 75.5 Å². The van der Waals surface area contributed by atoms with Crippen LogP contribution in [0.3, 0.4) is 0 Å². The lowest BCUT2D eigenvalue weighted by Gasteiger charge is -2.41. The molecule has 33 heavy (non-hydrogen) atoms. The number of aliphatic carboxylic acids is 1. The van der Waals surface area contributed by atoms with Gasteiger partial charge in [0.05, 0.1) is 11.5 Å². The van der Waals surface area contributed by atoms with Crippen LogP contribution in [0.15, 0.2) is 12.1 Å². The minimum atomic E-state index is -0.962. The van der Waals surface area contributed by atoms with Gasteiger partial charge in [-0.25, -0.2) is 9.78 Å². The van der Waals surface area contributed by atoms with Gasteiger partial charge in [-0.05, 0) is 87.7 Å². The monoisotopic (exact) mass is 455 g/mol. The Hall–Kier alpha value is -2.15. The largest absolute Gasteiger partial charge is 0.480 e. The van der Waals surface area contributed by atoms with E-state index in [-0.39, 0.29) is 17.4 Å². The average Bonchev–Trinajstić information content (AvgIpc) is 3.58. The maximum absolute atomic E-state index is 12.8. The fourth-order valence-electron chi connectivity index (χ4n) is 5.83. The summed E-state index contributed by atoms with van der Waals surface area (Å²) in [7, 11) is 0. The summed E-state index contributed by atoms with van der Waals surface area (Å²) in [6, 6.07) is 3.52. The van der Waals surface area contributed by atoms with E-state index in [9.17, 15) is 14.7 Å². The van der Waals surface area contributed by atoms with Gasteiger partial charge in [-0.15, -0.1) is 0 Å². The van der Waals surface area contributed by atoms with Gasteiger partial charge in [0, 0.05) is 25.3 Å². The number of carboxylic acid groups (broad SMARTS) is 1. The Morgan fingerprint density at radius 1 is 1.24 bits per heavy atom. The molecule has 0 saturated heterocycles. The number of ether oxygens (including phenoxy) is 1. The molecule has 0 spiro atoms. The van der Waals surface area contributed by atoms with Gasteiger partial charge in [-0.2, -0.15) is 0 Å². The van der Waals surface area contributed by atoms with E-state index in [0.717, 1.165) is 82.3 Å². The number of aryl methyl sites for hydroxylation is 2. The summed E-state index contributed by atoms with van der Waals surface area (Å²) in [4.78, 5) is 29.3. The predicted molar refractivity (Wildman–Crippen MR) is 125 cm³/mol. The third-order valence-electron chi connectivity index (χ3n) is 8.37. The minimum absolute atomic E-state index is 0.0432. The van der Waals surface area contributed by atoms with Crippen molar-refractivity contribution in [2.45, 2.75) is 89.2 Å². The molecule has 2 heterocycles. The third kappa shape index (κ3) is 5.03. The Morgan fingerprint density at radius 2 is 2.06 bits per heavy atom. The number of rotatable bonds is 11. The highest BCUT2D eigenvalue weighted by atomic mass is 16.5. The minimum Gasteiger partial charge on any atom is -0.480 e. The number of nitrogens with one attached hydrogen (secondary N) is 2. The van der Waals surface area contributed by atoms with Crippen molar-refractivity contribution in [3.8, 4) is 0 Å². The standard InChI is InChI=1S/C26H37N3O4/c30-24(31)22(29-25(32)26(11-2-12-26)19-6-7-19)10-14-33-21-15-17(16-21)4-8-20-9-5-18-3-1-13-27-23(18)28-20/h5,9,17,19,21-22H,1-4,6-8,10-16H2,(H,27,28)(H,29,32)(H,30,31)/t17-,21-,22-/m0/s1. The first-order valence-corrected chi connectivity index (χ1v) is 12.9. The summed E-state index contributed by atoms with van der Waals surface area (Å²) < 4.78 is 5.94. The lowest BCUT2D eigenvalue weighted by Crippen LogP contribution is -2.52. The van der Waals surface area contributed by atoms with Crippen LogP contribution in [0.2, 0.25) is 0 Å². The van der Waals surface area contributed by atoms with Crippen molar-refractivity contribution in [1.29, 1.82) is 0 Å². The number of amides is 1. The highest BCUT2D eigenvalue weighted by Crippen LogP contribution is 2.57. The second-order valence-corrected chi connectivity index (χ2v) is 10.6. The molecule has 7 heteroatoms. The van der Waals surface area contributed by atoms with E-state index in [1.165, 1.54) is 12.0 Å². The Kier molecular flexibility index (Phi) is 6.59. The number of pyridine rings is 1. The molecule has 3 fully saturated rings. The van der Waals surface area contributed by atoms with Crippen molar-refractivity contribution in [2.75, 3.05) is 18.5 Å². The van der Waals surface area contributed by atoms with E-state index >= 15 is 0 Å². The van der Waals surface area contributed by atoms with Crippen molar-refractivity contribution in [3.05, 3.63) is 23.4 Å². The first-order chi connectivity index (χ1) is 16.0. The SMILES string of the molecule is O=C(O)[C@H](CCO[C@H]1C[C@H](CCc2ccc3c(n2)NCCC3)C1)NC(=O)C1(C2CC2)CCC1. The zero-order chi connectivity index (χ0) is 22.8. The topological polar surface area (TPSA) is 101 Å². The number of hydrogen-bond acceptors (Lipinski definition) is 5. The molecule has 5 rings (SSSR count). The lowest BCUT2D eigenvalue weighted by atomic mass is 9.64. The molecule has 0 radical (unpaired) electrons. The molecule has 1 amide bonds. The Balaban J connectivity index is 0.998. The second kappa shape index (κ2) is 9.61. The number of nitrogens with zero attached hydrogens (tertiary/aromatic N) is 1. The predicted octanol–water partition coefficient (Wildman–Crippen LogP) is 3.71. The normalized spacial score (nSPS) is 26.2. The molecule has 1 aromatic heterocycles. The van der Waals surface area contributed by atoms with Gasteiger partial charge in [-0.3, -0.25) is 4.79 Å². The molecule has 3 N–H and O–H groups in total. The Bertz CT molecular complexity index is 874. The summed E-state index contributed by atoms with van der Waals surface area (Å²) in [5, 5.41) is 15.8. The fraction of sp³-hybridized carbons (Fsp3) is 0.731. The quantitative estimate of drug-likeness (QED) is 0.470. The van der Waals surface area contributed by atoms with Crippen LogP contribution >= 0.6 is 0 Å². The molecule has 0 unspecified atom stereocenters. The van der Waals surface area contributed by atoms with Crippen molar-refractivity contribution < 1.29 is 19.4 Å². The van der Waals surface area contributed by atoms with E-state index in [0.29, 0.717) is 24.9 Å². The molecule has 0 aromatic carbocycles. The molecule has 7 nitrogen and oxygen atoms in total. The first-order valence-electron chi connectivity index (χ1n) is 12.9. The van der Waals surface area contributed by atoms with Gasteiger partial charge in [0.15, 0.2) is 0 Å². The molecule has 1 aliphatic heterocycles. The van der Waals surface area contributed by atoms with E-state index in [1.54, 1.807) is 0 Å². The van der Waals surface area contributed by atoms with Gasteiger partial charge >= 0.3 is 5.97 Å². The van der Waals surface area contributed by atoms with Crippen molar-refractivity contribution in [3.63, 3.8) is 0 Å². The number of hydrogen-bond donors (Lipinski definition) is 3. The van der Waals surface area contributed by atoms with Gasteiger partial charge in [0.2, 0.25) is 5.91 Å². The third-order valence-corrected chi connectivity index (χ3v) is 8.37. The molecule has 1 atom stereocenters. The van der Waals surface area contributed by atoms with Crippen LogP contribution < -0.4 is 10.6 Å². The summed E-state index contributed by atoms with van der Waals surface area (Å²) in [6.45, 7) is 1.39. The summed E-state index contributed by atoms with van der Waals surface area (Å²) in [6.07, 6.45) is 12.1. The number of carboxylic acids is 1. The van der Waals surface area contributed by atoms with E-state index in [2.05, 4.69) is 22.8 Å². The van der Waals surface area contributed by atoms with Crippen LogP contribution in [-0.4, -0.2) is 47.3 Å². The summed E-state index contributed by atoms with van der Waals surface area (Å²) in [5.74, 6) is 1.17. The van der Waals surface area contributed by atoms with Gasteiger partial charge in [-0.1, -0.05) is 12.5 Å². The van der Waals surface area contributed by atoms with Gasteiger partial charge in [0.25, 0.3) is 0 Å². The Morgan fingerprint density at radius 3 is 2.76 bits per heavy atom. The maximum Gasteiger partial charge on any atom is 0.326 e. The highest BCUT2D eigenvalue weighted by Gasteiger charge is 2.54. The average molecular weight is 456 g/mol. The number of aromatic nitrogens is 1. The van der Waals surface area contributed by atoms with Gasteiger partial charge < -0.3 is 20.5 Å². The molecule has 4 aliphatic rings. The first kappa shape index (κ1) is 22.6. The van der Waals surface area contributed by atoms with Crippen LogP contribution in [-0.2, 0) is 27.2 Å². The van der Waals surface area contributed by atoms with E-state index in [1.807, 2.05) is 0 Å².